The Labute approximate surface area is 143 Å². The van der Waals surface area contributed by atoms with Gasteiger partial charge in [0, 0.05) is 12.6 Å². The van der Waals surface area contributed by atoms with Crippen molar-refractivity contribution in [2.24, 2.45) is 0 Å². The predicted molar refractivity (Wildman–Crippen MR) is 94.0 cm³/mol. The molecule has 0 aliphatic carbocycles. The molecule has 0 heterocycles. The zero-order valence-electron chi connectivity index (χ0n) is 13.8. The highest BCUT2D eigenvalue weighted by Gasteiger charge is 2.19. The van der Waals surface area contributed by atoms with E-state index in [1.54, 1.807) is 12.1 Å². The number of nitrogens with zero attached hydrogens (tertiary/aromatic N) is 2. The van der Waals surface area contributed by atoms with Crippen LogP contribution in [-0.2, 0) is 16.4 Å². The average Bonchev–Trinajstić information content (AvgIpc) is 2.59. The standard InChI is InChI=1S/C18H21N3O2S/c1-21(2)17(11-15-7-4-3-5-8-15)14-20-24(22,23)18-10-6-9-16(12-18)13-19/h3-10,12,17,20H,11,14H2,1-2H3. The lowest BCUT2D eigenvalue weighted by molar-refractivity contribution is 0.291. The molecule has 5 nitrogen and oxygen atoms in total. The Morgan fingerprint density at radius 2 is 1.83 bits per heavy atom. The first-order valence-corrected chi connectivity index (χ1v) is 9.11. The van der Waals surface area contributed by atoms with Gasteiger partial charge in [-0.15, -0.1) is 0 Å². The van der Waals surface area contributed by atoms with E-state index >= 15 is 0 Å². The molecule has 1 atom stereocenters. The molecule has 2 rings (SSSR count). The molecule has 126 valence electrons. The maximum absolute atomic E-state index is 12.4. The summed E-state index contributed by atoms with van der Waals surface area (Å²) in [6.07, 6.45) is 0.745. The summed E-state index contributed by atoms with van der Waals surface area (Å²) in [5.74, 6) is 0. The maximum atomic E-state index is 12.4. The molecule has 0 aliphatic heterocycles. The summed E-state index contributed by atoms with van der Waals surface area (Å²) in [5, 5.41) is 8.91. The molecule has 6 heteroatoms. The van der Waals surface area contributed by atoms with Crippen LogP contribution >= 0.6 is 0 Å². The molecule has 1 unspecified atom stereocenters. The van der Waals surface area contributed by atoms with Crippen LogP contribution in [0, 0.1) is 11.3 Å². The Morgan fingerprint density at radius 1 is 1.12 bits per heavy atom. The van der Waals surface area contributed by atoms with Gasteiger partial charge < -0.3 is 4.90 Å². The topological polar surface area (TPSA) is 73.2 Å². The fourth-order valence-corrected chi connectivity index (χ4v) is 3.46. The van der Waals surface area contributed by atoms with Gasteiger partial charge in [-0.3, -0.25) is 0 Å². The highest BCUT2D eigenvalue weighted by atomic mass is 32.2. The van der Waals surface area contributed by atoms with E-state index in [-0.39, 0.29) is 10.9 Å². The van der Waals surface area contributed by atoms with Crippen molar-refractivity contribution < 1.29 is 8.42 Å². The molecule has 0 fully saturated rings. The number of sulfonamides is 1. The number of benzene rings is 2. The quantitative estimate of drug-likeness (QED) is 0.835. The lowest BCUT2D eigenvalue weighted by Crippen LogP contribution is -2.41. The Bertz CT molecular complexity index is 812. The van der Waals surface area contributed by atoms with Crippen LogP contribution in [-0.4, -0.2) is 40.0 Å². The van der Waals surface area contributed by atoms with Crippen LogP contribution < -0.4 is 4.72 Å². The molecule has 0 aromatic heterocycles. The van der Waals surface area contributed by atoms with Gasteiger partial charge >= 0.3 is 0 Å². The van der Waals surface area contributed by atoms with Crippen LogP contribution in [0.2, 0.25) is 0 Å². The third-order valence-electron chi connectivity index (χ3n) is 3.83. The number of likely N-dealkylation sites (N-methyl/N-ethyl adjacent to an activating group) is 1. The second kappa shape index (κ2) is 8.06. The summed E-state index contributed by atoms with van der Waals surface area (Å²) >= 11 is 0. The van der Waals surface area contributed by atoms with Crippen LogP contribution in [0.25, 0.3) is 0 Å². The molecule has 0 spiro atoms. The molecule has 0 bridgehead atoms. The van der Waals surface area contributed by atoms with Gasteiger partial charge in [-0.05, 0) is 44.3 Å². The van der Waals surface area contributed by atoms with E-state index in [0.29, 0.717) is 12.1 Å². The number of rotatable bonds is 7. The first-order valence-electron chi connectivity index (χ1n) is 7.62. The zero-order valence-corrected chi connectivity index (χ0v) is 14.6. The van der Waals surface area contributed by atoms with Crippen LogP contribution in [0.5, 0.6) is 0 Å². The smallest absolute Gasteiger partial charge is 0.240 e. The molecular formula is C18H21N3O2S. The molecule has 0 amide bonds. The SMILES string of the molecule is CN(C)C(CNS(=O)(=O)c1cccc(C#N)c1)Cc1ccccc1. The van der Waals surface area contributed by atoms with Crippen LogP contribution in [0.3, 0.4) is 0 Å². The van der Waals surface area contributed by atoms with Crippen molar-refractivity contribution in [3.63, 3.8) is 0 Å². The summed E-state index contributed by atoms with van der Waals surface area (Å²) in [7, 11) is 0.216. The average molecular weight is 343 g/mol. The highest BCUT2D eigenvalue weighted by Crippen LogP contribution is 2.12. The van der Waals surface area contributed by atoms with E-state index in [1.807, 2.05) is 55.4 Å². The van der Waals surface area contributed by atoms with E-state index in [0.717, 1.165) is 12.0 Å². The summed E-state index contributed by atoms with van der Waals surface area (Å²) in [6.45, 7) is 0.293. The highest BCUT2D eigenvalue weighted by molar-refractivity contribution is 7.89. The number of nitriles is 1. The maximum Gasteiger partial charge on any atom is 0.240 e. The normalized spacial score (nSPS) is 12.8. The van der Waals surface area contributed by atoms with Gasteiger partial charge in [0.1, 0.15) is 0 Å². The Balaban J connectivity index is 2.09. The molecule has 0 aliphatic rings. The van der Waals surface area contributed by atoms with Gasteiger partial charge in [0.25, 0.3) is 0 Å². The van der Waals surface area contributed by atoms with Gasteiger partial charge in [-0.2, -0.15) is 5.26 Å². The van der Waals surface area contributed by atoms with E-state index in [9.17, 15) is 8.42 Å². The lowest BCUT2D eigenvalue weighted by atomic mass is 10.1. The van der Waals surface area contributed by atoms with Crippen molar-refractivity contribution in [2.75, 3.05) is 20.6 Å². The molecule has 2 aromatic carbocycles. The Kier molecular flexibility index (Phi) is 6.10. The molecule has 2 aromatic rings. The van der Waals surface area contributed by atoms with Crippen molar-refractivity contribution in [2.45, 2.75) is 17.4 Å². The monoisotopic (exact) mass is 343 g/mol. The summed E-state index contributed by atoms with van der Waals surface area (Å²) in [5.41, 5.74) is 1.48. The molecule has 24 heavy (non-hydrogen) atoms. The van der Waals surface area contributed by atoms with Crippen molar-refractivity contribution >= 4 is 10.0 Å². The lowest BCUT2D eigenvalue weighted by Gasteiger charge is -2.24. The van der Waals surface area contributed by atoms with Crippen LogP contribution in [0.1, 0.15) is 11.1 Å². The number of nitrogens with one attached hydrogen (secondary N) is 1. The fourth-order valence-electron chi connectivity index (χ4n) is 2.35. The van der Waals surface area contributed by atoms with Crippen LogP contribution in [0.4, 0.5) is 0 Å². The van der Waals surface area contributed by atoms with Gasteiger partial charge in [0.2, 0.25) is 10.0 Å². The second-order valence-corrected chi connectivity index (χ2v) is 7.57. The predicted octanol–water partition coefficient (Wildman–Crippen LogP) is 2.01. The number of hydrogen-bond acceptors (Lipinski definition) is 4. The summed E-state index contributed by atoms with van der Waals surface area (Å²) in [4.78, 5) is 2.11. The summed E-state index contributed by atoms with van der Waals surface area (Å²) < 4.78 is 27.5. The van der Waals surface area contributed by atoms with E-state index in [4.69, 9.17) is 5.26 Å². The molecule has 0 radical (unpaired) electrons. The third-order valence-corrected chi connectivity index (χ3v) is 5.25. The fraction of sp³-hybridized carbons (Fsp3) is 0.278. The molecule has 1 N–H and O–H groups in total. The largest absolute Gasteiger partial charge is 0.305 e. The van der Waals surface area contributed by atoms with Gasteiger partial charge in [-0.1, -0.05) is 36.4 Å². The van der Waals surface area contributed by atoms with E-state index < -0.39 is 10.0 Å². The van der Waals surface area contributed by atoms with Crippen molar-refractivity contribution in [3.8, 4) is 6.07 Å². The molecule has 0 saturated heterocycles. The number of hydrogen-bond donors (Lipinski definition) is 1. The third kappa shape index (κ3) is 4.90. The zero-order chi connectivity index (χ0) is 17.6. The molecular weight excluding hydrogens is 322 g/mol. The van der Waals surface area contributed by atoms with Gasteiger partial charge in [-0.25, -0.2) is 13.1 Å². The minimum atomic E-state index is -3.64. The van der Waals surface area contributed by atoms with E-state index in [1.165, 1.54) is 12.1 Å². The van der Waals surface area contributed by atoms with Gasteiger partial charge in [0.05, 0.1) is 16.5 Å². The van der Waals surface area contributed by atoms with Crippen molar-refractivity contribution in [1.82, 2.24) is 9.62 Å². The minimum absolute atomic E-state index is 0.0290. The second-order valence-electron chi connectivity index (χ2n) is 5.80. The van der Waals surface area contributed by atoms with Crippen LogP contribution in [0.15, 0.2) is 59.5 Å². The van der Waals surface area contributed by atoms with Gasteiger partial charge in [0.15, 0.2) is 0 Å². The Morgan fingerprint density at radius 3 is 2.46 bits per heavy atom. The minimum Gasteiger partial charge on any atom is -0.305 e. The Hall–Kier alpha value is -2.20. The first kappa shape index (κ1) is 18.1. The van der Waals surface area contributed by atoms with E-state index in [2.05, 4.69) is 4.72 Å². The van der Waals surface area contributed by atoms with Crippen molar-refractivity contribution in [1.29, 1.82) is 5.26 Å². The van der Waals surface area contributed by atoms with Crippen molar-refractivity contribution in [3.05, 3.63) is 65.7 Å². The summed E-state index contributed by atoms with van der Waals surface area (Å²) in [6, 6.07) is 18.0. The first-order chi connectivity index (χ1) is 11.4. The molecule has 0 saturated carbocycles.